The van der Waals surface area contributed by atoms with Gasteiger partial charge in [-0.1, -0.05) is 43.3 Å². The van der Waals surface area contributed by atoms with E-state index >= 15 is 0 Å². The highest BCUT2D eigenvalue weighted by Gasteiger charge is 2.26. The first-order chi connectivity index (χ1) is 14.3. The van der Waals surface area contributed by atoms with Gasteiger partial charge in [0, 0.05) is 18.7 Å². The van der Waals surface area contributed by atoms with Gasteiger partial charge in [0.15, 0.2) is 9.84 Å². The molecule has 3 rings (SSSR count). The number of likely N-dealkylation sites (tertiary alicyclic amines) is 1. The van der Waals surface area contributed by atoms with E-state index in [9.17, 15) is 13.2 Å². The zero-order chi connectivity index (χ0) is 21.7. The lowest BCUT2D eigenvalue weighted by atomic mass is 9.94. The lowest BCUT2D eigenvalue weighted by Gasteiger charge is -2.32. The molecule has 0 radical (unpaired) electrons. The Labute approximate surface area is 180 Å². The molecule has 0 aliphatic carbocycles. The second-order valence-corrected chi connectivity index (χ2v) is 10.3. The van der Waals surface area contributed by atoms with Gasteiger partial charge in [-0.2, -0.15) is 0 Å². The summed E-state index contributed by atoms with van der Waals surface area (Å²) < 4.78 is 23.3. The minimum atomic E-state index is -3.21. The van der Waals surface area contributed by atoms with Crippen molar-refractivity contribution in [2.75, 3.05) is 19.3 Å². The van der Waals surface area contributed by atoms with Crippen LogP contribution in [0, 0.1) is 12.8 Å². The van der Waals surface area contributed by atoms with Gasteiger partial charge in [0.25, 0.3) is 0 Å². The third-order valence-corrected chi connectivity index (χ3v) is 7.18. The summed E-state index contributed by atoms with van der Waals surface area (Å²) in [6.07, 6.45) is 3.69. The summed E-state index contributed by atoms with van der Waals surface area (Å²) in [7, 11) is -3.21. The van der Waals surface area contributed by atoms with Gasteiger partial charge in [-0.25, -0.2) is 8.42 Å². The quantitative estimate of drug-likeness (QED) is 0.727. The van der Waals surface area contributed by atoms with Gasteiger partial charge >= 0.3 is 0 Å². The van der Waals surface area contributed by atoms with Gasteiger partial charge in [-0.3, -0.25) is 9.69 Å². The number of sulfone groups is 1. The summed E-state index contributed by atoms with van der Waals surface area (Å²) in [6.45, 7) is 6.95. The van der Waals surface area contributed by atoms with Crippen LogP contribution in [0.3, 0.4) is 0 Å². The smallest absolute Gasteiger partial charge is 0.223 e. The summed E-state index contributed by atoms with van der Waals surface area (Å²) in [4.78, 5) is 15.6. The maximum absolute atomic E-state index is 12.9. The minimum Gasteiger partial charge on any atom is -0.349 e. The van der Waals surface area contributed by atoms with Crippen molar-refractivity contribution < 1.29 is 13.2 Å². The largest absolute Gasteiger partial charge is 0.349 e. The van der Waals surface area contributed by atoms with Crippen LogP contribution in [0.5, 0.6) is 0 Å². The summed E-state index contributed by atoms with van der Waals surface area (Å²) in [5, 5.41) is 3.18. The lowest BCUT2D eigenvalue weighted by molar-refractivity contribution is -0.127. The fourth-order valence-corrected chi connectivity index (χ4v) is 4.67. The zero-order valence-corrected chi connectivity index (χ0v) is 18.9. The number of benzene rings is 2. The van der Waals surface area contributed by atoms with Crippen molar-refractivity contribution in [2.45, 2.75) is 50.6 Å². The second-order valence-electron chi connectivity index (χ2n) is 8.29. The molecule has 1 atom stereocenters. The van der Waals surface area contributed by atoms with Crippen molar-refractivity contribution in [3.8, 4) is 0 Å². The maximum Gasteiger partial charge on any atom is 0.223 e. The van der Waals surface area contributed by atoms with Gasteiger partial charge in [-0.05, 0) is 68.1 Å². The number of hydrogen-bond donors (Lipinski definition) is 1. The first kappa shape index (κ1) is 22.5. The number of carbonyl (C=O) groups excluding carboxylic acids is 1. The van der Waals surface area contributed by atoms with E-state index in [0.29, 0.717) is 4.90 Å². The van der Waals surface area contributed by atoms with Crippen LogP contribution in [-0.4, -0.2) is 38.6 Å². The van der Waals surface area contributed by atoms with E-state index in [1.54, 1.807) is 24.3 Å². The molecule has 1 saturated heterocycles. The molecule has 1 aliphatic heterocycles. The second kappa shape index (κ2) is 9.75. The highest BCUT2D eigenvalue weighted by Crippen LogP contribution is 2.24. The van der Waals surface area contributed by atoms with E-state index in [1.165, 1.54) is 17.4 Å². The van der Waals surface area contributed by atoms with E-state index in [-0.39, 0.29) is 17.9 Å². The number of nitrogens with zero attached hydrogens (tertiary/aromatic N) is 1. The molecule has 0 saturated carbocycles. The Morgan fingerprint density at radius 2 is 1.73 bits per heavy atom. The molecule has 1 heterocycles. The maximum atomic E-state index is 12.9. The molecule has 0 aromatic heterocycles. The van der Waals surface area contributed by atoms with Gasteiger partial charge in [-0.15, -0.1) is 0 Å². The molecule has 1 aliphatic rings. The first-order valence-electron chi connectivity index (χ1n) is 10.6. The summed E-state index contributed by atoms with van der Waals surface area (Å²) >= 11 is 0. The average molecular weight is 429 g/mol. The van der Waals surface area contributed by atoms with Crippen LogP contribution in [0.25, 0.3) is 0 Å². The molecule has 2 aromatic rings. The van der Waals surface area contributed by atoms with Gasteiger partial charge in [0.2, 0.25) is 5.91 Å². The van der Waals surface area contributed by atoms with Crippen molar-refractivity contribution in [3.05, 3.63) is 65.2 Å². The first-order valence-corrected chi connectivity index (χ1v) is 12.5. The van der Waals surface area contributed by atoms with Crippen LogP contribution >= 0.6 is 0 Å². The van der Waals surface area contributed by atoms with Crippen LogP contribution in [0.15, 0.2) is 53.4 Å². The number of nitrogens with one attached hydrogen (secondary N) is 1. The highest BCUT2D eigenvalue weighted by atomic mass is 32.2. The molecule has 0 bridgehead atoms. The van der Waals surface area contributed by atoms with E-state index in [0.717, 1.165) is 44.5 Å². The predicted octanol–water partition coefficient (Wildman–Crippen LogP) is 3.88. The van der Waals surface area contributed by atoms with Crippen molar-refractivity contribution in [1.29, 1.82) is 0 Å². The summed E-state index contributed by atoms with van der Waals surface area (Å²) in [5.41, 5.74) is 3.60. The molecule has 5 nitrogen and oxygen atoms in total. The normalized spacial score (nSPS) is 16.9. The fourth-order valence-electron chi connectivity index (χ4n) is 4.04. The van der Waals surface area contributed by atoms with Crippen LogP contribution in [0.4, 0.5) is 0 Å². The molecule has 0 spiro atoms. The lowest BCUT2D eigenvalue weighted by Crippen LogP contribution is -2.41. The Morgan fingerprint density at radius 1 is 1.10 bits per heavy atom. The Hall–Kier alpha value is -2.18. The Kier molecular flexibility index (Phi) is 7.32. The summed E-state index contributed by atoms with van der Waals surface area (Å²) in [5.74, 6) is 0.132. The van der Waals surface area contributed by atoms with Crippen LogP contribution in [0.2, 0.25) is 0 Å². The van der Waals surface area contributed by atoms with Gasteiger partial charge < -0.3 is 5.32 Å². The van der Waals surface area contributed by atoms with Crippen LogP contribution < -0.4 is 5.32 Å². The number of piperidine rings is 1. The van der Waals surface area contributed by atoms with E-state index < -0.39 is 9.84 Å². The number of rotatable bonds is 7. The monoisotopic (exact) mass is 428 g/mol. The molecule has 30 heavy (non-hydrogen) atoms. The molecule has 0 unspecified atom stereocenters. The van der Waals surface area contributed by atoms with E-state index in [2.05, 4.69) is 41.4 Å². The van der Waals surface area contributed by atoms with Crippen LogP contribution in [0.1, 0.15) is 48.9 Å². The van der Waals surface area contributed by atoms with Crippen molar-refractivity contribution in [2.24, 2.45) is 5.92 Å². The number of amides is 1. The third-order valence-electron chi connectivity index (χ3n) is 6.05. The zero-order valence-electron chi connectivity index (χ0n) is 18.1. The third kappa shape index (κ3) is 5.70. The molecular weight excluding hydrogens is 396 g/mol. The molecular formula is C24H32N2O3S. The van der Waals surface area contributed by atoms with Crippen molar-refractivity contribution in [3.63, 3.8) is 0 Å². The van der Waals surface area contributed by atoms with Crippen molar-refractivity contribution >= 4 is 15.7 Å². The van der Waals surface area contributed by atoms with Gasteiger partial charge in [0.1, 0.15) is 0 Å². The predicted molar refractivity (Wildman–Crippen MR) is 120 cm³/mol. The summed E-state index contributed by atoms with van der Waals surface area (Å²) in [6, 6.07) is 15.2. The number of aryl methyl sites for hydroxylation is 1. The van der Waals surface area contributed by atoms with Crippen LogP contribution in [-0.2, 0) is 21.2 Å². The van der Waals surface area contributed by atoms with Crippen molar-refractivity contribution in [1.82, 2.24) is 10.2 Å². The van der Waals surface area contributed by atoms with Gasteiger partial charge in [0.05, 0.1) is 10.9 Å². The Morgan fingerprint density at radius 3 is 2.30 bits per heavy atom. The Bertz CT molecular complexity index is 962. The molecule has 1 amide bonds. The molecule has 6 heteroatoms. The molecule has 2 aromatic carbocycles. The average Bonchev–Trinajstić information content (AvgIpc) is 2.73. The molecule has 1 N–H and O–H groups in total. The number of hydrogen-bond acceptors (Lipinski definition) is 4. The number of carbonyl (C=O) groups is 1. The van der Waals surface area contributed by atoms with E-state index in [1.807, 2.05) is 6.92 Å². The fraction of sp³-hybridized carbons (Fsp3) is 0.458. The SMILES string of the molecule is CC[C@H](NC(=O)C1CCN(Cc2ccccc2C)CC1)c1ccc(S(C)(=O)=O)cc1. The van der Waals surface area contributed by atoms with E-state index in [4.69, 9.17) is 0 Å². The standard InChI is InChI=1S/C24H32N2O3S/c1-4-23(19-9-11-22(12-10-19)30(3,28)29)25-24(27)20-13-15-26(16-14-20)17-21-8-6-5-7-18(21)2/h5-12,20,23H,4,13-17H2,1-3H3,(H,25,27)/t23-/m0/s1. The molecule has 1 fully saturated rings. The minimum absolute atomic E-state index is 0.0301. The highest BCUT2D eigenvalue weighted by molar-refractivity contribution is 7.90. The Balaban J connectivity index is 1.55. The topological polar surface area (TPSA) is 66.5 Å². The molecule has 162 valence electrons.